The Labute approximate surface area is 461 Å². The predicted molar refractivity (Wildman–Crippen MR) is 321 cm³/mol. The highest BCUT2D eigenvalue weighted by Gasteiger charge is 2.56. The minimum Gasteiger partial charge on any atom is -0.457 e. The number of hydrogen-bond donors (Lipinski definition) is 0. The third kappa shape index (κ3) is 6.27. The molecule has 1 unspecified atom stereocenters. The molecule has 0 amide bonds. The van der Waals surface area contributed by atoms with Gasteiger partial charge in [0.2, 0.25) is 0 Å². The Morgan fingerprint density at radius 3 is 1.67 bits per heavy atom. The van der Waals surface area contributed by atoms with Crippen LogP contribution in [-0.2, 0) is 10.8 Å². The first kappa shape index (κ1) is 45.1. The van der Waals surface area contributed by atoms with Gasteiger partial charge in [-0.25, -0.2) is 0 Å². The molecule has 0 saturated heterocycles. The average molecular weight is 1030 g/mol. The quantitative estimate of drug-likeness (QED) is 0.171. The van der Waals surface area contributed by atoms with Crippen LogP contribution in [0.5, 0.6) is 23.0 Å². The van der Waals surface area contributed by atoms with Crippen LogP contribution < -0.4 is 14.4 Å². The summed E-state index contributed by atoms with van der Waals surface area (Å²) in [4.78, 5) is 2.60. The summed E-state index contributed by atoms with van der Waals surface area (Å²) >= 11 is 1.89. The highest BCUT2D eigenvalue weighted by Crippen LogP contribution is 2.67. The summed E-state index contributed by atoms with van der Waals surface area (Å²) in [7, 11) is 0. The van der Waals surface area contributed by atoms with E-state index in [-0.39, 0.29) is 5.92 Å². The zero-order chi connectivity index (χ0) is 51.1. The van der Waals surface area contributed by atoms with Crippen molar-refractivity contribution in [2.24, 2.45) is 5.92 Å². The number of para-hydroxylation sites is 3. The maximum absolute atomic E-state index is 7.26. The molecule has 2 aliphatic heterocycles. The lowest BCUT2D eigenvalue weighted by Crippen LogP contribution is -2.37. The van der Waals surface area contributed by atoms with E-state index in [1.165, 1.54) is 162 Å². The average Bonchev–Trinajstić information content (AvgIpc) is 4.16. The molecule has 17 rings (SSSR count). The number of hydrogen-bond acceptors (Lipinski definition) is 4. The van der Waals surface area contributed by atoms with Crippen LogP contribution in [0.1, 0.15) is 138 Å². The topological polar surface area (TPSA) is 21.7 Å². The van der Waals surface area contributed by atoms with Crippen LogP contribution in [0.3, 0.4) is 0 Å². The molecule has 2 saturated carbocycles. The molecule has 2 spiro atoms. The summed E-state index contributed by atoms with van der Waals surface area (Å²) in [6.07, 6.45) is 20.8. The van der Waals surface area contributed by atoms with Gasteiger partial charge in [0.05, 0.1) is 16.5 Å². The third-order valence-electron chi connectivity index (χ3n) is 19.6. The highest BCUT2D eigenvalue weighted by molar-refractivity contribution is 7.26. The van der Waals surface area contributed by atoms with Crippen molar-refractivity contribution in [2.75, 3.05) is 4.90 Å². The first-order valence-corrected chi connectivity index (χ1v) is 29.8. The molecule has 3 heterocycles. The number of rotatable bonds is 5. The molecular weight excluding hydrogens is 967 g/mol. The normalized spacial score (nSPS) is 18.9. The first-order chi connectivity index (χ1) is 38.7. The van der Waals surface area contributed by atoms with E-state index in [4.69, 9.17) is 9.47 Å². The smallest absolute Gasteiger partial charge is 0.132 e. The molecule has 0 N–H and O–H groups in total. The molecule has 378 valence electrons. The minimum atomic E-state index is -0.625. The fourth-order valence-electron chi connectivity index (χ4n) is 16.3. The maximum Gasteiger partial charge on any atom is 0.132 e. The monoisotopic (exact) mass is 1030 g/mol. The number of fused-ring (bicyclic) bond motifs is 21. The molecule has 0 bridgehead atoms. The molecule has 1 atom stereocenters. The number of anilines is 3. The van der Waals surface area contributed by atoms with Crippen molar-refractivity contribution in [3.05, 3.63) is 262 Å². The molecule has 78 heavy (non-hydrogen) atoms. The molecule has 0 radical (unpaired) electrons. The Morgan fingerprint density at radius 2 is 0.987 bits per heavy atom. The van der Waals surface area contributed by atoms with Crippen molar-refractivity contribution in [1.82, 2.24) is 0 Å². The number of ether oxygens (including phenoxy) is 2. The van der Waals surface area contributed by atoms with Crippen LogP contribution in [0.15, 0.2) is 206 Å². The van der Waals surface area contributed by atoms with Crippen molar-refractivity contribution in [1.29, 1.82) is 0 Å². The van der Waals surface area contributed by atoms with E-state index in [0.29, 0.717) is 11.8 Å². The van der Waals surface area contributed by atoms with Gasteiger partial charge in [0, 0.05) is 59.7 Å². The van der Waals surface area contributed by atoms with Gasteiger partial charge in [0.15, 0.2) is 0 Å². The molecule has 1 aromatic heterocycles. The zero-order valence-corrected chi connectivity index (χ0v) is 44.6. The first-order valence-electron chi connectivity index (χ1n) is 29.0. The van der Waals surface area contributed by atoms with Gasteiger partial charge in [-0.05, 0) is 161 Å². The second-order valence-electron chi connectivity index (χ2n) is 23.4. The zero-order valence-electron chi connectivity index (χ0n) is 43.8. The molecule has 9 aromatic carbocycles. The number of thiophene rings is 1. The second kappa shape index (κ2) is 17.3. The van der Waals surface area contributed by atoms with E-state index in [1.807, 2.05) is 11.3 Å². The van der Waals surface area contributed by atoms with Gasteiger partial charge in [-0.1, -0.05) is 178 Å². The van der Waals surface area contributed by atoms with Crippen LogP contribution in [-0.4, -0.2) is 0 Å². The molecule has 2 fully saturated rings. The van der Waals surface area contributed by atoms with E-state index in [9.17, 15) is 0 Å². The van der Waals surface area contributed by atoms with Crippen molar-refractivity contribution >= 4 is 54.1 Å². The van der Waals surface area contributed by atoms with Crippen molar-refractivity contribution in [3.8, 4) is 34.1 Å². The number of nitrogens with zero attached hydrogens (tertiary/aromatic N) is 1. The van der Waals surface area contributed by atoms with E-state index in [2.05, 4.69) is 211 Å². The van der Waals surface area contributed by atoms with Crippen LogP contribution in [0, 0.1) is 5.92 Å². The van der Waals surface area contributed by atoms with Gasteiger partial charge in [0.1, 0.15) is 23.0 Å². The molecule has 10 aromatic rings. The largest absolute Gasteiger partial charge is 0.457 e. The van der Waals surface area contributed by atoms with Gasteiger partial charge < -0.3 is 14.4 Å². The van der Waals surface area contributed by atoms with Crippen LogP contribution in [0.25, 0.3) is 36.9 Å². The predicted octanol–water partition coefficient (Wildman–Crippen LogP) is 20.5. The lowest BCUT2D eigenvalue weighted by molar-refractivity contribution is 0.383. The van der Waals surface area contributed by atoms with E-state index < -0.39 is 10.8 Å². The third-order valence-corrected chi connectivity index (χ3v) is 20.8. The maximum atomic E-state index is 7.26. The van der Waals surface area contributed by atoms with E-state index in [1.54, 1.807) is 0 Å². The van der Waals surface area contributed by atoms with Crippen LogP contribution in [0.2, 0.25) is 0 Å². The minimum absolute atomic E-state index is 0.192. The lowest BCUT2D eigenvalue weighted by Gasteiger charge is -2.43. The summed E-state index contributed by atoms with van der Waals surface area (Å²) < 4.78 is 16.7. The summed E-state index contributed by atoms with van der Waals surface area (Å²) in [5.74, 6) is 5.06. The van der Waals surface area contributed by atoms with Crippen LogP contribution in [0.4, 0.5) is 17.1 Å². The summed E-state index contributed by atoms with van der Waals surface area (Å²) in [5.41, 5.74) is 19.7. The van der Waals surface area contributed by atoms with E-state index >= 15 is 0 Å². The standard InChI is InChI=1S/C74H59NO2S/c1-3-18-46(19-4-1)48-34-38-53-54-39-35-49(47-20-5-2-6-21-47)43-62(54)74(61(53)42-48)60-27-12-15-31-68(60)77-69-41-37-51(45-64(69)74)75(65-28-17-33-71-72(65)56-23-8-16-32-70(56)78-71)50-36-40-55-52-22-7-9-24-57(52)73(63(55)44-50)58-25-10-13-29-66(58)76-67-30-14-11-26-59(67)73/h7-17,22-23,25-47,57H,1-6,18-21,24H2. The highest BCUT2D eigenvalue weighted by atomic mass is 32.1. The lowest BCUT2D eigenvalue weighted by atomic mass is 9.62. The Kier molecular flexibility index (Phi) is 10.0. The second-order valence-corrected chi connectivity index (χ2v) is 24.4. The van der Waals surface area contributed by atoms with Crippen LogP contribution >= 0.6 is 11.3 Å². The number of allylic oxidation sites excluding steroid dienone is 4. The Hall–Kier alpha value is -7.92. The molecule has 4 heteroatoms. The molecular formula is C74H59NO2S. The fraction of sp³-hybridized carbons (Fsp3) is 0.216. The van der Waals surface area contributed by atoms with Crippen molar-refractivity contribution in [3.63, 3.8) is 0 Å². The molecule has 7 aliphatic rings. The van der Waals surface area contributed by atoms with E-state index in [0.717, 1.165) is 40.8 Å². The van der Waals surface area contributed by atoms with Crippen molar-refractivity contribution in [2.45, 2.75) is 93.3 Å². The molecule has 3 nitrogen and oxygen atoms in total. The van der Waals surface area contributed by atoms with Gasteiger partial charge >= 0.3 is 0 Å². The Balaban J connectivity index is 0.953. The van der Waals surface area contributed by atoms with Gasteiger partial charge in [0.25, 0.3) is 0 Å². The Morgan fingerprint density at radius 1 is 0.436 bits per heavy atom. The van der Waals surface area contributed by atoms with Gasteiger partial charge in [-0.3, -0.25) is 0 Å². The fourth-order valence-corrected chi connectivity index (χ4v) is 17.4. The summed E-state index contributed by atoms with van der Waals surface area (Å²) in [5, 5.41) is 2.55. The Bertz CT molecular complexity index is 4080. The van der Waals surface area contributed by atoms with Crippen molar-refractivity contribution < 1.29 is 9.47 Å². The van der Waals surface area contributed by atoms with Gasteiger partial charge in [-0.2, -0.15) is 0 Å². The van der Waals surface area contributed by atoms with Gasteiger partial charge in [-0.15, -0.1) is 11.3 Å². The summed E-state index contributed by atoms with van der Waals surface area (Å²) in [6, 6.07) is 72.5. The SMILES string of the molecule is C1=CCC2C(=C1)c1ccc(N(c3ccc4c(c3)C3(c5ccccc5O4)c4cc(C5CCCCC5)ccc4-c4ccc(C5CCCCC5)cc43)c3cccc4sc5ccccc5c34)cc1C21c2ccccc2Oc2ccccc21. The summed E-state index contributed by atoms with van der Waals surface area (Å²) in [6.45, 7) is 0. The number of benzene rings is 9. The molecule has 5 aliphatic carbocycles.